The molecule has 0 bridgehead atoms. The lowest BCUT2D eigenvalue weighted by Crippen LogP contribution is -2.49. The predicted molar refractivity (Wildman–Crippen MR) is 173 cm³/mol. The van der Waals surface area contributed by atoms with Gasteiger partial charge < -0.3 is 10.0 Å². The molecule has 0 radical (unpaired) electrons. The molecule has 0 amide bonds. The third-order valence-electron chi connectivity index (χ3n) is 11.5. The Kier molecular flexibility index (Phi) is 6.57. The quantitative estimate of drug-likeness (QED) is 0.360. The summed E-state index contributed by atoms with van der Waals surface area (Å²) < 4.78 is 2.35. The Morgan fingerprint density at radius 1 is 0.952 bits per heavy atom. The minimum Gasteiger partial charge on any atom is -0.481 e. The SMILES string of the molecule is CN1C2=C/C(=C/C=C/C3=CC4=[N+](C)c5ccccc5C4(C)C(C)(CCCC(=O)O)C3)CC(C)(C)C2(C)c2ccccc21. The van der Waals surface area contributed by atoms with Gasteiger partial charge in [-0.25, -0.2) is 0 Å². The van der Waals surface area contributed by atoms with E-state index in [1.165, 1.54) is 45.1 Å². The van der Waals surface area contributed by atoms with E-state index in [1.807, 2.05) is 0 Å². The van der Waals surface area contributed by atoms with Gasteiger partial charge in [-0.15, -0.1) is 0 Å². The standard InChI is InChI=1S/C38H44N2O2/c1-35(2)24-26(22-32-37(35,4)28-16-8-10-18-30(28)39(32)6)14-12-15-27-23-33-38(5,29-17-9-11-19-31(29)40(33)7)36(3,25-27)21-13-20-34(41)42/h8-12,14-19,22-23H,13,20-21,24-25H2,1-7H3/p+1. The van der Waals surface area contributed by atoms with E-state index < -0.39 is 5.97 Å². The lowest BCUT2D eigenvalue weighted by molar-refractivity contribution is -0.402. The van der Waals surface area contributed by atoms with Crippen molar-refractivity contribution in [3.05, 3.63) is 107 Å². The third kappa shape index (κ3) is 3.94. The molecule has 2 heterocycles. The number of aliphatic carboxylic acids is 1. The van der Waals surface area contributed by atoms with Gasteiger partial charge in [0.25, 0.3) is 0 Å². The Morgan fingerprint density at radius 2 is 1.64 bits per heavy atom. The van der Waals surface area contributed by atoms with Crippen LogP contribution in [0.1, 0.15) is 77.8 Å². The summed E-state index contributed by atoms with van der Waals surface area (Å²) >= 11 is 0. The first-order valence-electron chi connectivity index (χ1n) is 15.4. The van der Waals surface area contributed by atoms with Crippen molar-refractivity contribution in [1.29, 1.82) is 0 Å². The average Bonchev–Trinajstić information content (AvgIpc) is 3.31. The summed E-state index contributed by atoms with van der Waals surface area (Å²) in [4.78, 5) is 13.8. The van der Waals surface area contributed by atoms with Crippen molar-refractivity contribution in [2.45, 2.75) is 77.6 Å². The highest BCUT2D eigenvalue weighted by atomic mass is 16.4. The van der Waals surface area contributed by atoms with Crippen LogP contribution in [0.15, 0.2) is 95.8 Å². The molecule has 0 saturated carbocycles. The van der Waals surface area contributed by atoms with Crippen molar-refractivity contribution < 1.29 is 14.5 Å². The maximum absolute atomic E-state index is 11.4. The summed E-state index contributed by atoms with van der Waals surface area (Å²) in [6, 6.07) is 17.6. The van der Waals surface area contributed by atoms with Gasteiger partial charge in [0.05, 0.1) is 5.41 Å². The summed E-state index contributed by atoms with van der Waals surface area (Å²) in [5.41, 5.74) is 10.5. The molecule has 2 aromatic carbocycles. The lowest BCUT2D eigenvalue weighted by atomic mass is 9.53. The zero-order valence-corrected chi connectivity index (χ0v) is 26.3. The highest BCUT2D eigenvalue weighted by Gasteiger charge is 2.59. The molecule has 6 rings (SSSR count). The summed E-state index contributed by atoms with van der Waals surface area (Å²) in [5, 5.41) is 9.40. The molecule has 0 aromatic heterocycles. The van der Waals surface area contributed by atoms with Gasteiger partial charge in [0.15, 0.2) is 5.71 Å². The van der Waals surface area contributed by atoms with Gasteiger partial charge in [-0.2, -0.15) is 4.58 Å². The zero-order chi connectivity index (χ0) is 30.1. The first kappa shape index (κ1) is 28.5. The normalized spacial score (nSPS) is 30.2. The highest BCUT2D eigenvalue weighted by Crippen LogP contribution is 2.61. The molecule has 3 unspecified atom stereocenters. The molecule has 0 spiro atoms. The molecule has 1 N–H and O–H groups in total. The number of fused-ring (bicyclic) bond motifs is 6. The molecule has 218 valence electrons. The van der Waals surface area contributed by atoms with E-state index in [4.69, 9.17) is 0 Å². The van der Waals surface area contributed by atoms with Crippen molar-refractivity contribution in [1.82, 2.24) is 0 Å². The third-order valence-corrected chi connectivity index (χ3v) is 11.5. The van der Waals surface area contributed by atoms with Crippen LogP contribution < -0.4 is 4.90 Å². The van der Waals surface area contributed by atoms with Gasteiger partial charge in [-0.1, -0.05) is 75.4 Å². The summed E-state index contributed by atoms with van der Waals surface area (Å²) in [6.45, 7) is 12.0. The summed E-state index contributed by atoms with van der Waals surface area (Å²) in [5.74, 6) is -0.716. The number of carboxylic acids is 1. The molecule has 42 heavy (non-hydrogen) atoms. The number of carbonyl (C=O) groups is 1. The molecular weight excluding hydrogens is 516 g/mol. The smallest absolute Gasteiger partial charge is 0.303 e. The average molecular weight is 562 g/mol. The maximum atomic E-state index is 11.4. The first-order chi connectivity index (χ1) is 19.8. The van der Waals surface area contributed by atoms with Crippen molar-refractivity contribution in [3.8, 4) is 0 Å². The van der Waals surface area contributed by atoms with Crippen LogP contribution in [0.25, 0.3) is 0 Å². The second-order valence-electron chi connectivity index (χ2n) is 14.2. The Bertz CT molecular complexity index is 1640. The molecule has 4 aliphatic rings. The van der Waals surface area contributed by atoms with Crippen molar-refractivity contribution >= 4 is 23.1 Å². The number of hydrogen-bond donors (Lipinski definition) is 1. The van der Waals surface area contributed by atoms with Gasteiger partial charge in [0, 0.05) is 48.0 Å². The maximum Gasteiger partial charge on any atom is 0.303 e. The van der Waals surface area contributed by atoms with E-state index in [2.05, 4.69) is 137 Å². The van der Waals surface area contributed by atoms with Gasteiger partial charge in [-0.3, -0.25) is 4.79 Å². The van der Waals surface area contributed by atoms with Crippen LogP contribution in [0.5, 0.6) is 0 Å². The lowest BCUT2D eigenvalue weighted by Gasteiger charge is -2.47. The van der Waals surface area contributed by atoms with Gasteiger partial charge >= 0.3 is 5.97 Å². The Morgan fingerprint density at radius 3 is 2.38 bits per heavy atom. The molecule has 0 saturated heterocycles. The van der Waals surface area contributed by atoms with E-state index in [1.54, 1.807) is 0 Å². The van der Waals surface area contributed by atoms with Crippen LogP contribution in [0.2, 0.25) is 0 Å². The second kappa shape index (κ2) is 9.69. The summed E-state index contributed by atoms with van der Waals surface area (Å²) in [6.07, 6.45) is 15.3. The number of carboxylic acid groups (broad SMARTS) is 1. The fourth-order valence-electron chi connectivity index (χ4n) is 8.66. The monoisotopic (exact) mass is 561 g/mol. The molecular formula is C38H45N2O2+. The fraction of sp³-hybridized carbons (Fsp3) is 0.421. The zero-order valence-electron chi connectivity index (χ0n) is 26.3. The Balaban J connectivity index is 1.35. The van der Waals surface area contributed by atoms with Gasteiger partial charge in [-0.05, 0) is 79.2 Å². The largest absolute Gasteiger partial charge is 0.481 e. The highest BCUT2D eigenvalue weighted by molar-refractivity contribution is 6.05. The second-order valence-corrected chi connectivity index (χ2v) is 14.2. The number of hydrogen-bond acceptors (Lipinski definition) is 2. The van der Waals surface area contributed by atoms with Crippen LogP contribution in [-0.2, 0) is 15.6 Å². The molecule has 4 heteroatoms. The molecule has 3 atom stereocenters. The Hall–Kier alpha value is -3.66. The van der Waals surface area contributed by atoms with E-state index >= 15 is 0 Å². The number of para-hydroxylation sites is 2. The predicted octanol–water partition coefficient (Wildman–Crippen LogP) is 8.47. The number of nitrogens with zero attached hydrogens (tertiary/aromatic N) is 2. The van der Waals surface area contributed by atoms with Crippen LogP contribution in [0.3, 0.4) is 0 Å². The van der Waals surface area contributed by atoms with Gasteiger partial charge in [0.1, 0.15) is 7.05 Å². The van der Waals surface area contributed by atoms with Crippen LogP contribution in [-0.4, -0.2) is 35.5 Å². The number of likely N-dealkylation sites (N-methyl/N-ethyl adjacent to an activating group) is 1. The van der Waals surface area contributed by atoms with E-state index in [-0.39, 0.29) is 28.1 Å². The molecule has 4 nitrogen and oxygen atoms in total. The van der Waals surface area contributed by atoms with E-state index in [0.717, 1.165) is 19.3 Å². The van der Waals surface area contributed by atoms with Crippen molar-refractivity contribution in [3.63, 3.8) is 0 Å². The van der Waals surface area contributed by atoms with Crippen LogP contribution >= 0.6 is 0 Å². The number of anilines is 1. The number of rotatable bonds is 6. The topological polar surface area (TPSA) is 43.5 Å². The van der Waals surface area contributed by atoms with E-state index in [9.17, 15) is 9.90 Å². The van der Waals surface area contributed by atoms with Crippen LogP contribution in [0.4, 0.5) is 11.4 Å². The molecule has 2 aliphatic carbocycles. The number of allylic oxidation sites excluding steroid dienone is 8. The van der Waals surface area contributed by atoms with Crippen molar-refractivity contribution in [2.24, 2.45) is 10.8 Å². The summed E-state index contributed by atoms with van der Waals surface area (Å²) in [7, 11) is 4.37. The minimum absolute atomic E-state index is 0.0216. The first-order valence-corrected chi connectivity index (χ1v) is 15.4. The molecule has 2 aromatic rings. The van der Waals surface area contributed by atoms with E-state index in [0.29, 0.717) is 6.42 Å². The van der Waals surface area contributed by atoms with Crippen LogP contribution in [0, 0.1) is 10.8 Å². The minimum atomic E-state index is -0.716. The van der Waals surface area contributed by atoms with Gasteiger partial charge in [0.2, 0.25) is 5.69 Å². The Labute approximate surface area is 251 Å². The van der Waals surface area contributed by atoms with Crippen molar-refractivity contribution in [2.75, 3.05) is 19.0 Å². The molecule has 0 fully saturated rings. The fourth-order valence-corrected chi connectivity index (χ4v) is 8.66. The number of benzene rings is 2. The molecule has 2 aliphatic heterocycles.